The number of benzene rings is 2. The van der Waals surface area contributed by atoms with E-state index in [0.29, 0.717) is 30.5 Å². The van der Waals surface area contributed by atoms with Crippen molar-refractivity contribution in [2.24, 2.45) is 4.99 Å². The quantitative estimate of drug-likeness (QED) is 0.325. The summed E-state index contributed by atoms with van der Waals surface area (Å²) in [5.74, 6) is 1.03. The van der Waals surface area contributed by atoms with E-state index in [1.807, 2.05) is 36.4 Å². The van der Waals surface area contributed by atoms with Crippen LogP contribution in [0, 0.1) is 12.7 Å². The van der Waals surface area contributed by atoms with Gasteiger partial charge in [0.15, 0.2) is 5.96 Å². The van der Waals surface area contributed by atoms with Gasteiger partial charge in [-0.05, 0) is 36.2 Å². The number of hydrogen-bond acceptors (Lipinski definition) is 3. The molecule has 3 rings (SSSR count). The highest BCUT2D eigenvalue weighted by atomic mass is 127. The van der Waals surface area contributed by atoms with Crippen molar-refractivity contribution in [1.29, 1.82) is 0 Å². The fourth-order valence-electron chi connectivity index (χ4n) is 2.50. The van der Waals surface area contributed by atoms with Crippen molar-refractivity contribution >= 4 is 29.9 Å². The van der Waals surface area contributed by atoms with Crippen molar-refractivity contribution in [2.75, 3.05) is 7.05 Å². The van der Waals surface area contributed by atoms with E-state index < -0.39 is 0 Å². The molecular formula is C20H22FIN4O. The van der Waals surface area contributed by atoms with Gasteiger partial charge in [-0.15, -0.1) is 24.0 Å². The van der Waals surface area contributed by atoms with Gasteiger partial charge in [0, 0.05) is 19.2 Å². The van der Waals surface area contributed by atoms with Crippen LogP contribution in [0.3, 0.4) is 0 Å². The predicted molar refractivity (Wildman–Crippen MR) is 116 cm³/mol. The molecule has 2 aromatic carbocycles. The summed E-state index contributed by atoms with van der Waals surface area (Å²) in [6, 6.07) is 14.8. The number of rotatable bonds is 5. The molecule has 7 heteroatoms. The Labute approximate surface area is 175 Å². The van der Waals surface area contributed by atoms with Crippen LogP contribution in [0.2, 0.25) is 0 Å². The number of halogens is 2. The molecule has 0 aliphatic carbocycles. The highest BCUT2D eigenvalue weighted by Gasteiger charge is 2.07. The van der Waals surface area contributed by atoms with Crippen LogP contribution >= 0.6 is 24.0 Å². The summed E-state index contributed by atoms with van der Waals surface area (Å²) in [6.07, 6.45) is 1.63. The summed E-state index contributed by atoms with van der Waals surface area (Å²) >= 11 is 0. The number of aromatic nitrogens is 1. The molecule has 0 atom stereocenters. The minimum Gasteiger partial charge on any atom is -0.444 e. The smallest absolute Gasteiger partial charge is 0.226 e. The number of aryl methyl sites for hydroxylation is 1. The average Bonchev–Trinajstić information content (AvgIpc) is 3.14. The first kappa shape index (κ1) is 20.9. The minimum absolute atomic E-state index is 0. The zero-order valence-electron chi connectivity index (χ0n) is 15.2. The van der Waals surface area contributed by atoms with Gasteiger partial charge in [-0.3, -0.25) is 4.99 Å². The highest BCUT2D eigenvalue weighted by molar-refractivity contribution is 14.0. The lowest BCUT2D eigenvalue weighted by molar-refractivity contribution is 0.572. The maximum absolute atomic E-state index is 13.3. The van der Waals surface area contributed by atoms with Gasteiger partial charge in [0.2, 0.25) is 5.89 Å². The lowest BCUT2D eigenvalue weighted by Crippen LogP contribution is -2.36. The second kappa shape index (κ2) is 10.1. The molecule has 0 saturated heterocycles. The van der Waals surface area contributed by atoms with E-state index in [2.05, 4.69) is 20.6 Å². The third-order valence-electron chi connectivity index (χ3n) is 3.92. The van der Waals surface area contributed by atoms with E-state index in [0.717, 1.165) is 16.8 Å². The Bertz CT molecular complexity index is 896. The zero-order valence-corrected chi connectivity index (χ0v) is 17.5. The molecule has 2 N–H and O–H groups in total. The molecule has 0 aliphatic rings. The Balaban J connectivity index is 0.00000261. The summed E-state index contributed by atoms with van der Waals surface area (Å²) < 4.78 is 18.8. The van der Waals surface area contributed by atoms with Gasteiger partial charge in [-0.2, -0.15) is 0 Å². The number of guanidine groups is 1. The Hall–Kier alpha value is -2.42. The van der Waals surface area contributed by atoms with Gasteiger partial charge in [0.25, 0.3) is 0 Å². The highest BCUT2D eigenvalue weighted by Crippen LogP contribution is 2.17. The maximum Gasteiger partial charge on any atom is 0.226 e. The van der Waals surface area contributed by atoms with E-state index in [9.17, 15) is 4.39 Å². The number of nitrogens with one attached hydrogen (secondary N) is 2. The standard InChI is InChI=1S/C20H21FN4O.HI/c1-14-10-15(8-9-18(14)21)11-23-20(22-2)24-12-17-13-26-19(25-17)16-6-4-3-5-7-16;/h3-10,13H,11-12H2,1-2H3,(H2,22,23,24);1H. The average molecular weight is 480 g/mol. The second-order valence-corrected chi connectivity index (χ2v) is 5.87. The third kappa shape index (κ3) is 5.78. The van der Waals surface area contributed by atoms with E-state index in [4.69, 9.17) is 4.42 Å². The molecule has 0 amide bonds. The van der Waals surface area contributed by atoms with Crippen molar-refractivity contribution in [2.45, 2.75) is 20.0 Å². The second-order valence-electron chi connectivity index (χ2n) is 5.87. The van der Waals surface area contributed by atoms with Crippen LogP contribution in [-0.2, 0) is 13.1 Å². The fourth-order valence-corrected chi connectivity index (χ4v) is 2.50. The molecule has 0 bridgehead atoms. The molecule has 5 nitrogen and oxygen atoms in total. The van der Waals surface area contributed by atoms with Crippen molar-refractivity contribution in [3.63, 3.8) is 0 Å². The van der Waals surface area contributed by atoms with Crippen molar-refractivity contribution < 1.29 is 8.81 Å². The Morgan fingerprint density at radius 1 is 1.11 bits per heavy atom. The largest absolute Gasteiger partial charge is 0.444 e. The summed E-state index contributed by atoms with van der Waals surface area (Å²) in [5.41, 5.74) is 3.33. The van der Waals surface area contributed by atoms with Crippen LogP contribution in [0.25, 0.3) is 11.5 Å². The van der Waals surface area contributed by atoms with Gasteiger partial charge in [0.05, 0.1) is 12.2 Å². The first-order valence-electron chi connectivity index (χ1n) is 8.35. The van der Waals surface area contributed by atoms with Crippen LogP contribution in [0.1, 0.15) is 16.8 Å². The first-order chi connectivity index (χ1) is 12.7. The van der Waals surface area contributed by atoms with Gasteiger partial charge in [0.1, 0.15) is 12.1 Å². The Morgan fingerprint density at radius 2 is 1.85 bits per heavy atom. The molecule has 0 aliphatic heterocycles. The molecule has 0 radical (unpaired) electrons. The van der Waals surface area contributed by atoms with E-state index in [1.165, 1.54) is 6.07 Å². The molecule has 27 heavy (non-hydrogen) atoms. The molecule has 0 saturated carbocycles. The Kier molecular flexibility index (Phi) is 7.78. The SMILES string of the molecule is CN=C(NCc1ccc(F)c(C)c1)NCc1coc(-c2ccccc2)n1.I. The molecule has 0 fully saturated rings. The molecule has 0 spiro atoms. The van der Waals surface area contributed by atoms with Gasteiger partial charge in [-0.25, -0.2) is 9.37 Å². The monoisotopic (exact) mass is 480 g/mol. The van der Waals surface area contributed by atoms with Crippen molar-refractivity contribution in [3.8, 4) is 11.5 Å². The van der Waals surface area contributed by atoms with Crippen LogP contribution < -0.4 is 10.6 Å². The molecule has 3 aromatic rings. The lowest BCUT2D eigenvalue weighted by Gasteiger charge is -2.11. The van der Waals surface area contributed by atoms with Gasteiger partial charge >= 0.3 is 0 Å². The summed E-state index contributed by atoms with van der Waals surface area (Å²) in [7, 11) is 1.70. The molecule has 1 aromatic heterocycles. The van der Waals surface area contributed by atoms with Crippen molar-refractivity contribution in [3.05, 3.63) is 77.4 Å². The van der Waals surface area contributed by atoms with Crippen LogP contribution in [0.5, 0.6) is 0 Å². The number of oxazole rings is 1. The van der Waals surface area contributed by atoms with Crippen LogP contribution in [0.4, 0.5) is 4.39 Å². The molecule has 0 unspecified atom stereocenters. The van der Waals surface area contributed by atoms with E-state index >= 15 is 0 Å². The predicted octanol–water partition coefficient (Wildman–Crippen LogP) is 4.27. The molecular weight excluding hydrogens is 458 g/mol. The number of nitrogens with zero attached hydrogens (tertiary/aromatic N) is 2. The summed E-state index contributed by atoms with van der Waals surface area (Å²) in [4.78, 5) is 8.66. The van der Waals surface area contributed by atoms with Gasteiger partial charge in [-0.1, -0.05) is 30.3 Å². The Morgan fingerprint density at radius 3 is 2.56 bits per heavy atom. The molecule has 1 heterocycles. The van der Waals surface area contributed by atoms with E-state index in [-0.39, 0.29) is 29.8 Å². The zero-order chi connectivity index (χ0) is 18.4. The van der Waals surface area contributed by atoms with Crippen LogP contribution in [0.15, 0.2) is 64.2 Å². The normalized spacial score (nSPS) is 11.0. The third-order valence-corrected chi connectivity index (χ3v) is 3.92. The lowest BCUT2D eigenvalue weighted by atomic mass is 10.1. The number of aliphatic imine (C=N–C) groups is 1. The van der Waals surface area contributed by atoms with E-state index in [1.54, 1.807) is 26.3 Å². The topological polar surface area (TPSA) is 62.5 Å². The van der Waals surface area contributed by atoms with Crippen molar-refractivity contribution in [1.82, 2.24) is 15.6 Å². The minimum atomic E-state index is -0.198. The summed E-state index contributed by atoms with van der Waals surface area (Å²) in [6.45, 7) is 2.79. The fraction of sp³-hybridized carbons (Fsp3) is 0.200. The van der Waals surface area contributed by atoms with Crippen LogP contribution in [-0.4, -0.2) is 18.0 Å². The first-order valence-corrected chi connectivity index (χ1v) is 8.35. The summed E-state index contributed by atoms with van der Waals surface area (Å²) in [5, 5.41) is 6.39. The molecule has 142 valence electrons. The van der Waals surface area contributed by atoms with Gasteiger partial charge < -0.3 is 15.1 Å². The maximum atomic E-state index is 13.3. The number of hydrogen-bond donors (Lipinski definition) is 2.